The largest absolute Gasteiger partial charge is 0.397 e. The van der Waals surface area contributed by atoms with Crippen molar-refractivity contribution in [3.05, 3.63) is 40.0 Å². The molecule has 0 amide bonds. The van der Waals surface area contributed by atoms with Crippen LogP contribution in [0.3, 0.4) is 0 Å². The lowest BCUT2D eigenvalue weighted by molar-refractivity contribution is 0.622. The van der Waals surface area contributed by atoms with Crippen molar-refractivity contribution in [3.8, 4) is 16.5 Å². The summed E-state index contributed by atoms with van der Waals surface area (Å²) >= 11 is 1.26. The Hall–Kier alpha value is -1.86. The predicted molar refractivity (Wildman–Crippen MR) is 73.0 cm³/mol. The first kappa shape index (κ1) is 12.6. The maximum atomic E-state index is 14.1. The Bertz CT molecular complexity index is 638. The molecule has 0 spiro atoms. The summed E-state index contributed by atoms with van der Waals surface area (Å²) in [5, 5.41) is 9.01. The molecule has 92 valence electrons. The van der Waals surface area contributed by atoms with Crippen molar-refractivity contribution in [1.82, 2.24) is 0 Å². The molecule has 18 heavy (non-hydrogen) atoms. The number of halogens is 1. The average molecular weight is 260 g/mol. The van der Waals surface area contributed by atoms with E-state index in [1.165, 1.54) is 11.3 Å². The van der Waals surface area contributed by atoms with Crippen LogP contribution in [0.2, 0.25) is 0 Å². The minimum Gasteiger partial charge on any atom is -0.397 e. The van der Waals surface area contributed by atoms with E-state index in [0.29, 0.717) is 28.1 Å². The summed E-state index contributed by atoms with van der Waals surface area (Å²) in [4.78, 5) is 1.23. The van der Waals surface area contributed by atoms with E-state index in [2.05, 4.69) is 6.07 Å². The minimum atomic E-state index is -0.238. The summed E-state index contributed by atoms with van der Waals surface area (Å²) in [5.41, 5.74) is 8.39. The number of thiophene rings is 1. The third-order valence-electron chi connectivity index (χ3n) is 2.94. The van der Waals surface area contributed by atoms with Gasteiger partial charge in [0, 0.05) is 10.4 Å². The highest BCUT2D eigenvalue weighted by Crippen LogP contribution is 2.40. The second-order valence-electron chi connectivity index (χ2n) is 4.05. The molecular formula is C14H13FN2S. The Morgan fingerprint density at radius 1 is 1.44 bits per heavy atom. The number of rotatable bonds is 2. The van der Waals surface area contributed by atoms with E-state index in [0.717, 1.165) is 10.4 Å². The summed E-state index contributed by atoms with van der Waals surface area (Å²) in [6, 6.07) is 7.34. The molecule has 2 nitrogen and oxygen atoms in total. The average Bonchev–Trinajstić information content (AvgIpc) is 2.69. The van der Waals surface area contributed by atoms with Crippen molar-refractivity contribution in [3.63, 3.8) is 0 Å². The molecule has 4 heteroatoms. The van der Waals surface area contributed by atoms with Gasteiger partial charge in [-0.2, -0.15) is 5.26 Å². The molecule has 0 saturated carbocycles. The molecule has 2 aromatic rings. The predicted octanol–water partition coefficient (Wildman–Crippen LogP) is 3.88. The molecule has 0 radical (unpaired) electrons. The van der Waals surface area contributed by atoms with Crippen LogP contribution in [-0.2, 0) is 6.42 Å². The van der Waals surface area contributed by atoms with Crippen LogP contribution in [0.15, 0.2) is 18.2 Å². The second-order valence-corrected chi connectivity index (χ2v) is 5.07. The van der Waals surface area contributed by atoms with Gasteiger partial charge in [0.2, 0.25) is 0 Å². The lowest BCUT2D eigenvalue weighted by Gasteiger charge is -2.06. The number of aryl methyl sites for hydroxylation is 1. The van der Waals surface area contributed by atoms with Crippen molar-refractivity contribution in [2.24, 2.45) is 0 Å². The molecule has 1 heterocycles. The first-order valence-electron chi connectivity index (χ1n) is 5.66. The normalized spacial score (nSPS) is 10.3. The fourth-order valence-corrected chi connectivity index (χ4v) is 3.08. The van der Waals surface area contributed by atoms with Crippen LogP contribution in [0.1, 0.15) is 22.9 Å². The smallest absolute Gasteiger partial charge is 0.134 e. The summed E-state index contributed by atoms with van der Waals surface area (Å²) in [5.74, 6) is -0.238. The highest BCUT2D eigenvalue weighted by atomic mass is 32.1. The van der Waals surface area contributed by atoms with Gasteiger partial charge in [-0.05, 0) is 24.5 Å². The van der Waals surface area contributed by atoms with E-state index in [-0.39, 0.29) is 5.82 Å². The lowest BCUT2D eigenvalue weighted by atomic mass is 10.0. The Kier molecular flexibility index (Phi) is 3.35. The van der Waals surface area contributed by atoms with Crippen molar-refractivity contribution >= 4 is 17.0 Å². The Morgan fingerprint density at radius 3 is 2.78 bits per heavy atom. The van der Waals surface area contributed by atoms with Gasteiger partial charge in [0.25, 0.3) is 0 Å². The van der Waals surface area contributed by atoms with E-state index in [1.807, 2.05) is 13.0 Å². The van der Waals surface area contributed by atoms with E-state index in [9.17, 15) is 4.39 Å². The molecule has 1 aromatic heterocycles. The number of hydrogen-bond acceptors (Lipinski definition) is 3. The van der Waals surface area contributed by atoms with Crippen molar-refractivity contribution in [1.29, 1.82) is 5.26 Å². The number of benzene rings is 1. The van der Waals surface area contributed by atoms with Gasteiger partial charge in [0.15, 0.2) is 0 Å². The van der Waals surface area contributed by atoms with E-state index >= 15 is 0 Å². The van der Waals surface area contributed by atoms with E-state index in [4.69, 9.17) is 11.0 Å². The Labute approximate surface area is 109 Å². The lowest BCUT2D eigenvalue weighted by Crippen LogP contribution is -1.93. The van der Waals surface area contributed by atoms with Crippen LogP contribution in [0, 0.1) is 24.1 Å². The van der Waals surface area contributed by atoms with Crippen LogP contribution in [0.25, 0.3) is 10.4 Å². The van der Waals surface area contributed by atoms with Crippen LogP contribution in [-0.4, -0.2) is 0 Å². The maximum absolute atomic E-state index is 14.1. The topological polar surface area (TPSA) is 49.8 Å². The van der Waals surface area contributed by atoms with E-state index < -0.39 is 0 Å². The van der Waals surface area contributed by atoms with E-state index in [1.54, 1.807) is 19.1 Å². The molecule has 0 atom stereocenters. The zero-order valence-electron chi connectivity index (χ0n) is 10.2. The van der Waals surface area contributed by atoms with Crippen LogP contribution < -0.4 is 5.73 Å². The summed E-state index contributed by atoms with van der Waals surface area (Å²) < 4.78 is 14.1. The van der Waals surface area contributed by atoms with Gasteiger partial charge >= 0.3 is 0 Å². The molecule has 0 bridgehead atoms. The van der Waals surface area contributed by atoms with Crippen molar-refractivity contribution in [2.45, 2.75) is 20.3 Å². The number of nitriles is 1. The van der Waals surface area contributed by atoms with Crippen molar-refractivity contribution < 1.29 is 4.39 Å². The molecule has 0 aliphatic rings. The zero-order valence-corrected chi connectivity index (χ0v) is 11.1. The summed E-state index contributed by atoms with van der Waals surface area (Å²) in [6.07, 6.45) is 0.687. The van der Waals surface area contributed by atoms with Gasteiger partial charge in [-0.25, -0.2) is 4.39 Å². The monoisotopic (exact) mass is 260 g/mol. The highest BCUT2D eigenvalue weighted by Gasteiger charge is 2.18. The van der Waals surface area contributed by atoms with Crippen LogP contribution >= 0.6 is 11.3 Å². The highest BCUT2D eigenvalue weighted by molar-refractivity contribution is 7.16. The van der Waals surface area contributed by atoms with Crippen LogP contribution in [0.5, 0.6) is 0 Å². The molecule has 0 aliphatic carbocycles. The van der Waals surface area contributed by atoms with Gasteiger partial charge in [-0.15, -0.1) is 11.3 Å². The van der Waals surface area contributed by atoms with Gasteiger partial charge in [0.05, 0.1) is 5.69 Å². The minimum absolute atomic E-state index is 0.238. The molecule has 0 aliphatic heterocycles. The van der Waals surface area contributed by atoms with Crippen molar-refractivity contribution in [2.75, 3.05) is 5.73 Å². The number of nitrogens with two attached hydrogens (primary N) is 1. The quantitative estimate of drug-likeness (QED) is 0.890. The van der Waals surface area contributed by atoms with Gasteiger partial charge in [-0.1, -0.05) is 25.1 Å². The maximum Gasteiger partial charge on any atom is 0.134 e. The van der Waals surface area contributed by atoms with Gasteiger partial charge in [-0.3, -0.25) is 0 Å². The van der Waals surface area contributed by atoms with Gasteiger partial charge < -0.3 is 5.73 Å². The first-order chi connectivity index (χ1) is 8.60. The third-order valence-corrected chi connectivity index (χ3v) is 4.13. The number of anilines is 1. The Balaban J connectivity index is 2.72. The standard InChI is InChI=1S/C14H13FN2S/c1-3-9-13(17)11(7-16)18-14(9)10-6-4-5-8(2)12(10)15/h4-6H,3,17H2,1-2H3. The Morgan fingerprint density at radius 2 is 2.17 bits per heavy atom. The molecule has 0 fully saturated rings. The molecule has 0 saturated heterocycles. The number of hydrogen-bond donors (Lipinski definition) is 1. The third kappa shape index (κ3) is 1.87. The molecule has 2 N–H and O–H groups in total. The SMILES string of the molecule is CCc1c(-c2cccc(C)c2F)sc(C#N)c1N. The fraction of sp³-hybridized carbons (Fsp3) is 0.214. The summed E-state index contributed by atoms with van der Waals surface area (Å²) in [6.45, 7) is 3.68. The fourth-order valence-electron chi connectivity index (χ4n) is 1.95. The summed E-state index contributed by atoms with van der Waals surface area (Å²) in [7, 11) is 0. The molecule has 1 aromatic carbocycles. The first-order valence-corrected chi connectivity index (χ1v) is 6.48. The van der Waals surface area contributed by atoms with Crippen LogP contribution in [0.4, 0.5) is 10.1 Å². The molecular weight excluding hydrogens is 247 g/mol. The number of nitrogen functional groups attached to an aromatic ring is 1. The second kappa shape index (κ2) is 4.79. The molecule has 2 rings (SSSR count). The molecule has 0 unspecified atom stereocenters. The van der Waals surface area contributed by atoms with Gasteiger partial charge in [0.1, 0.15) is 16.8 Å². The zero-order chi connectivity index (χ0) is 13.3. The number of nitrogens with zero attached hydrogens (tertiary/aromatic N) is 1.